The van der Waals surface area contributed by atoms with Gasteiger partial charge in [-0.25, -0.2) is 18.4 Å². The predicted octanol–water partition coefficient (Wildman–Crippen LogP) is 2.59. The first kappa shape index (κ1) is 15.8. The molecule has 2 unspecified atom stereocenters. The van der Waals surface area contributed by atoms with Crippen LogP contribution in [0.2, 0.25) is 5.02 Å². The molecule has 1 saturated heterocycles. The van der Waals surface area contributed by atoms with E-state index in [1.54, 1.807) is 22.6 Å². The van der Waals surface area contributed by atoms with E-state index in [0.717, 1.165) is 24.1 Å². The fraction of sp³-hybridized carbons (Fsp3) is 0.375. The van der Waals surface area contributed by atoms with Gasteiger partial charge in [0.15, 0.2) is 0 Å². The highest BCUT2D eigenvalue weighted by atomic mass is 35.5. The Kier molecular flexibility index (Phi) is 3.74. The zero-order chi connectivity index (χ0) is 16.9. The molecule has 1 aromatic heterocycles. The highest BCUT2D eigenvalue weighted by Gasteiger charge is 2.48. The molecule has 0 radical (unpaired) electrons. The van der Waals surface area contributed by atoms with E-state index in [2.05, 4.69) is 9.97 Å². The highest BCUT2D eigenvalue weighted by molar-refractivity contribution is 7.89. The second-order valence-electron chi connectivity index (χ2n) is 6.01. The first-order valence-corrected chi connectivity index (χ1v) is 9.50. The summed E-state index contributed by atoms with van der Waals surface area (Å²) in [6.45, 7) is 0. The van der Waals surface area contributed by atoms with Crippen molar-refractivity contribution in [2.45, 2.75) is 36.2 Å². The molecular weight excluding hydrogens is 350 g/mol. The van der Waals surface area contributed by atoms with Gasteiger partial charge in [0.2, 0.25) is 10.0 Å². The van der Waals surface area contributed by atoms with Crippen molar-refractivity contribution in [3.63, 3.8) is 0 Å². The molecule has 0 aliphatic carbocycles. The van der Waals surface area contributed by atoms with Gasteiger partial charge in [-0.15, -0.1) is 0 Å². The molecule has 24 heavy (non-hydrogen) atoms. The van der Waals surface area contributed by atoms with Crippen LogP contribution in [0, 0.1) is 0 Å². The summed E-state index contributed by atoms with van der Waals surface area (Å²) in [5.41, 5.74) is 1.85. The van der Waals surface area contributed by atoms with Gasteiger partial charge in [0.25, 0.3) is 0 Å². The third kappa shape index (κ3) is 2.30. The Morgan fingerprint density at radius 3 is 2.96 bits per heavy atom. The second-order valence-corrected chi connectivity index (χ2v) is 8.25. The van der Waals surface area contributed by atoms with Gasteiger partial charge < -0.3 is 4.74 Å². The molecule has 6 nitrogen and oxygen atoms in total. The van der Waals surface area contributed by atoms with Crippen LogP contribution in [0.3, 0.4) is 0 Å². The minimum Gasteiger partial charge on any atom is -0.495 e. The van der Waals surface area contributed by atoms with Crippen molar-refractivity contribution < 1.29 is 13.2 Å². The van der Waals surface area contributed by atoms with Gasteiger partial charge in [-0.05, 0) is 31.0 Å². The fourth-order valence-electron chi connectivity index (χ4n) is 3.71. The molecule has 3 heterocycles. The Hall–Kier alpha value is -1.70. The molecule has 0 N–H and O–H groups in total. The fourth-order valence-corrected chi connectivity index (χ4v) is 5.98. The van der Waals surface area contributed by atoms with Crippen molar-refractivity contribution in [1.29, 1.82) is 0 Å². The Balaban J connectivity index is 1.84. The molecule has 0 saturated carbocycles. The van der Waals surface area contributed by atoms with E-state index >= 15 is 0 Å². The molecule has 2 aromatic rings. The first-order chi connectivity index (χ1) is 11.5. The molecule has 2 bridgehead atoms. The predicted molar refractivity (Wildman–Crippen MR) is 88.5 cm³/mol. The summed E-state index contributed by atoms with van der Waals surface area (Å²) in [7, 11) is -2.28. The summed E-state index contributed by atoms with van der Waals surface area (Å²) in [4.78, 5) is 8.50. The molecule has 1 fully saturated rings. The quantitative estimate of drug-likeness (QED) is 0.835. The number of methoxy groups -OCH3 is 1. The first-order valence-electron chi connectivity index (χ1n) is 7.68. The van der Waals surface area contributed by atoms with Gasteiger partial charge in [-0.2, -0.15) is 4.31 Å². The Morgan fingerprint density at radius 1 is 1.33 bits per heavy atom. The minimum atomic E-state index is -3.74. The van der Waals surface area contributed by atoms with Crippen molar-refractivity contribution in [3.8, 4) is 5.75 Å². The average Bonchev–Trinajstić information content (AvgIpc) is 2.91. The second kappa shape index (κ2) is 5.68. The highest BCUT2D eigenvalue weighted by Crippen LogP contribution is 2.47. The molecule has 0 spiro atoms. The van der Waals surface area contributed by atoms with Crippen molar-refractivity contribution in [2.75, 3.05) is 7.11 Å². The van der Waals surface area contributed by atoms with E-state index in [9.17, 15) is 8.42 Å². The van der Waals surface area contributed by atoms with Crippen molar-refractivity contribution in [1.82, 2.24) is 14.3 Å². The molecule has 8 heteroatoms. The van der Waals surface area contributed by atoms with Crippen LogP contribution in [0.25, 0.3) is 0 Å². The molecule has 0 amide bonds. The Labute approximate surface area is 145 Å². The number of rotatable bonds is 3. The summed E-state index contributed by atoms with van der Waals surface area (Å²) < 4.78 is 33.5. The van der Waals surface area contributed by atoms with Crippen LogP contribution in [0.1, 0.15) is 30.1 Å². The van der Waals surface area contributed by atoms with Crippen LogP contribution in [0.4, 0.5) is 0 Å². The zero-order valence-corrected chi connectivity index (χ0v) is 14.6. The number of ether oxygens (including phenoxy) is 1. The van der Waals surface area contributed by atoms with Crippen LogP contribution in [0.5, 0.6) is 5.75 Å². The minimum absolute atomic E-state index is 0.0916. The van der Waals surface area contributed by atoms with Gasteiger partial charge in [0, 0.05) is 29.2 Å². The molecule has 126 valence electrons. The standard InChI is InChI=1S/C16H16ClN3O3S/c1-23-15-5-2-10(17)6-16(15)24(21,22)20-11-3-4-14(20)12-8-18-9-19-13(12)7-11/h2,5-6,8-9,11,14H,3-4,7H2,1H3. The van der Waals surface area contributed by atoms with Gasteiger partial charge in [-0.1, -0.05) is 11.6 Å². The molecular formula is C16H16ClN3O3S. The van der Waals surface area contributed by atoms with E-state index in [-0.39, 0.29) is 17.0 Å². The van der Waals surface area contributed by atoms with E-state index in [1.165, 1.54) is 19.5 Å². The van der Waals surface area contributed by atoms with Crippen LogP contribution < -0.4 is 4.74 Å². The lowest BCUT2D eigenvalue weighted by molar-refractivity contribution is 0.298. The summed E-state index contributed by atoms with van der Waals surface area (Å²) >= 11 is 6.03. The maximum absolute atomic E-state index is 13.3. The number of hydrogen-bond donors (Lipinski definition) is 0. The molecule has 4 rings (SSSR count). The smallest absolute Gasteiger partial charge is 0.247 e. The summed E-state index contributed by atoms with van der Waals surface area (Å²) in [6.07, 6.45) is 5.43. The maximum Gasteiger partial charge on any atom is 0.247 e. The van der Waals surface area contributed by atoms with Crippen LogP contribution in [-0.2, 0) is 16.4 Å². The lowest BCUT2D eigenvalue weighted by Gasteiger charge is -2.34. The molecule has 2 aliphatic rings. The molecule has 1 aromatic carbocycles. The SMILES string of the molecule is COc1ccc(Cl)cc1S(=O)(=O)N1C2CCC1c1cncnc1C2. The van der Waals surface area contributed by atoms with Crippen LogP contribution in [-0.4, -0.2) is 35.8 Å². The van der Waals surface area contributed by atoms with Crippen LogP contribution >= 0.6 is 11.6 Å². The summed E-state index contributed by atoms with van der Waals surface area (Å²) in [6, 6.07) is 4.33. The lowest BCUT2D eigenvalue weighted by Crippen LogP contribution is -2.42. The van der Waals surface area contributed by atoms with E-state index in [0.29, 0.717) is 17.2 Å². The van der Waals surface area contributed by atoms with Gasteiger partial charge in [0.1, 0.15) is 17.0 Å². The normalized spacial score (nSPS) is 23.1. The largest absolute Gasteiger partial charge is 0.495 e. The topological polar surface area (TPSA) is 72.4 Å². The lowest BCUT2D eigenvalue weighted by atomic mass is 10.0. The van der Waals surface area contributed by atoms with Gasteiger partial charge >= 0.3 is 0 Å². The third-order valence-corrected chi connectivity index (χ3v) is 6.95. The Morgan fingerprint density at radius 2 is 2.17 bits per heavy atom. The van der Waals surface area contributed by atoms with Crippen molar-refractivity contribution in [3.05, 3.63) is 47.0 Å². The zero-order valence-electron chi connectivity index (χ0n) is 13.0. The summed E-state index contributed by atoms with van der Waals surface area (Å²) in [5, 5.41) is 0.363. The molecule has 2 aliphatic heterocycles. The number of fused-ring (bicyclic) bond motifs is 4. The number of sulfonamides is 1. The third-order valence-electron chi connectivity index (χ3n) is 4.74. The van der Waals surface area contributed by atoms with E-state index in [1.807, 2.05) is 0 Å². The van der Waals surface area contributed by atoms with Gasteiger partial charge in [0.05, 0.1) is 18.8 Å². The van der Waals surface area contributed by atoms with E-state index < -0.39 is 10.0 Å². The average molecular weight is 366 g/mol. The van der Waals surface area contributed by atoms with Crippen LogP contribution in [0.15, 0.2) is 35.6 Å². The van der Waals surface area contributed by atoms with Crippen molar-refractivity contribution >= 4 is 21.6 Å². The Bertz CT molecular complexity index is 903. The number of halogens is 1. The number of benzene rings is 1. The molecule has 2 atom stereocenters. The maximum atomic E-state index is 13.3. The number of hydrogen-bond acceptors (Lipinski definition) is 5. The monoisotopic (exact) mass is 365 g/mol. The van der Waals surface area contributed by atoms with Crippen molar-refractivity contribution in [2.24, 2.45) is 0 Å². The number of aromatic nitrogens is 2. The van der Waals surface area contributed by atoms with E-state index in [4.69, 9.17) is 16.3 Å². The number of nitrogens with zero attached hydrogens (tertiary/aromatic N) is 3. The summed E-state index contributed by atoms with van der Waals surface area (Å²) in [5.74, 6) is 0.300. The van der Waals surface area contributed by atoms with Gasteiger partial charge in [-0.3, -0.25) is 0 Å².